The highest BCUT2D eigenvalue weighted by Gasteiger charge is 2.21. The maximum Gasteiger partial charge on any atom is 0.238 e. The number of hydrogen-bond acceptors (Lipinski definition) is 2. The van der Waals surface area contributed by atoms with Gasteiger partial charge in [0.1, 0.15) is 0 Å². The van der Waals surface area contributed by atoms with Crippen LogP contribution in [0.15, 0.2) is 0 Å². The van der Waals surface area contributed by atoms with Gasteiger partial charge in [-0.25, -0.2) is 0 Å². The molecule has 0 heterocycles. The molecule has 3 N–H and O–H groups in total. The quantitative estimate of drug-likeness (QED) is 0.656. The fraction of sp³-hybridized carbons (Fsp3) is 0.727. The molecule has 0 aromatic carbocycles. The maximum atomic E-state index is 11.5. The molecule has 0 unspecified atom stereocenters. The van der Waals surface area contributed by atoms with Gasteiger partial charge in [-0.2, -0.15) is 0 Å². The summed E-state index contributed by atoms with van der Waals surface area (Å²) in [6.07, 6.45) is 5.92. The number of nitrogens with one attached hydrogen (secondary N) is 1. The lowest BCUT2D eigenvalue weighted by Crippen LogP contribution is -2.50. The SMILES string of the molecule is C#CC(C)(C)NC(=O)[C@H](N)CC(C)C. The highest BCUT2D eigenvalue weighted by atomic mass is 16.2. The molecule has 0 rings (SSSR count). The Morgan fingerprint density at radius 3 is 2.43 bits per heavy atom. The summed E-state index contributed by atoms with van der Waals surface area (Å²) in [6.45, 7) is 7.60. The number of carbonyl (C=O) groups excluding carboxylic acids is 1. The van der Waals surface area contributed by atoms with Gasteiger partial charge in [0, 0.05) is 0 Å². The van der Waals surface area contributed by atoms with E-state index >= 15 is 0 Å². The number of rotatable bonds is 4. The van der Waals surface area contributed by atoms with Crippen LogP contribution in [0.2, 0.25) is 0 Å². The van der Waals surface area contributed by atoms with Gasteiger partial charge < -0.3 is 11.1 Å². The van der Waals surface area contributed by atoms with Crippen LogP contribution in [0.5, 0.6) is 0 Å². The summed E-state index contributed by atoms with van der Waals surface area (Å²) in [5.74, 6) is 2.72. The molecule has 80 valence electrons. The molecule has 0 aromatic rings. The second-order valence-electron chi connectivity index (χ2n) is 4.49. The number of amides is 1. The van der Waals surface area contributed by atoms with Crippen molar-refractivity contribution < 1.29 is 4.79 Å². The van der Waals surface area contributed by atoms with E-state index in [1.807, 2.05) is 13.8 Å². The first-order valence-electron chi connectivity index (χ1n) is 4.84. The Bertz CT molecular complexity index is 238. The van der Waals surface area contributed by atoms with Crippen molar-refractivity contribution in [2.45, 2.75) is 45.7 Å². The molecule has 0 aliphatic rings. The molecule has 1 amide bonds. The molecular formula is C11H20N2O. The average Bonchev–Trinajstić information content (AvgIpc) is 2.02. The largest absolute Gasteiger partial charge is 0.339 e. The van der Waals surface area contributed by atoms with Gasteiger partial charge >= 0.3 is 0 Å². The number of hydrogen-bond donors (Lipinski definition) is 2. The van der Waals surface area contributed by atoms with Gasteiger partial charge in [-0.15, -0.1) is 6.42 Å². The second-order valence-corrected chi connectivity index (χ2v) is 4.49. The molecule has 0 saturated carbocycles. The fourth-order valence-corrected chi connectivity index (χ4v) is 1.05. The first-order chi connectivity index (χ1) is 6.28. The molecule has 1 atom stereocenters. The summed E-state index contributed by atoms with van der Waals surface area (Å²) in [7, 11) is 0. The molecule has 0 aliphatic heterocycles. The predicted octanol–water partition coefficient (Wildman–Crippen LogP) is 0.888. The Hall–Kier alpha value is -1.01. The zero-order valence-electron chi connectivity index (χ0n) is 9.42. The van der Waals surface area contributed by atoms with Crippen molar-refractivity contribution in [1.82, 2.24) is 5.32 Å². The van der Waals surface area contributed by atoms with Crippen LogP contribution in [-0.2, 0) is 4.79 Å². The van der Waals surface area contributed by atoms with Gasteiger partial charge in [0.25, 0.3) is 0 Å². The van der Waals surface area contributed by atoms with Gasteiger partial charge in [0.15, 0.2) is 0 Å². The summed E-state index contributed by atoms with van der Waals surface area (Å²) in [5, 5.41) is 2.71. The lowest BCUT2D eigenvalue weighted by atomic mass is 10.0. The molecular weight excluding hydrogens is 176 g/mol. The Balaban J connectivity index is 4.16. The van der Waals surface area contributed by atoms with Crippen molar-refractivity contribution in [2.75, 3.05) is 0 Å². The first kappa shape index (κ1) is 13.0. The highest BCUT2D eigenvalue weighted by molar-refractivity contribution is 5.82. The standard InChI is InChI=1S/C11H20N2O/c1-6-11(4,5)13-10(14)9(12)7-8(2)3/h1,8-9H,7,12H2,2-5H3,(H,13,14)/t9-/m1/s1. The molecule has 0 spiro atoms. The van der Waals surface area contributed by atoms with Crippen molar-refractivity contribution in [3.8, 4) is 12.3 Å². The van der Waals surface area contributed by atoms with Gasteiger partial charge in [-0.05, 0) is 26.2 Å². The molecule has 0 radical (unpaired) electrons. The van der Waals surface area contributed by atoms with Crippen LogP contribution in [0.1, 0.15) is 34.1 Å². The predicted molar refractivity (Wildman–Crippen MR) is 58.5 cm³/mol. The van der Waals surface area contributed by atoms with E-state index in [0.29, 0.717) is 12.3 Å². The summed E-state index contributed by atoms with van der Waals surface area (Å²) < 4.78 is 0. The van der Waals surface area contributed by atoms with Crippen molar-refractivity contribution in [1.29, 1.82) is 0 Å². The molecule has 14 heavy (non-hydrogen) atoms. The van der Waals surface area contributed by atoms with Crippen molar-refractivity contribution >= 4 is 5.91 Å². The number of nitrogens with two attached hydrogens (primary N) is 1. The Morgan fingerprint density at radius 2 is 2.07 bits per heavy atom. The monoisotopic (exact) mass is 196 g/mol. The first-order valence-corrected chi connectivity index (χ1v) is 4.84. The van der Waals surface area contributed by atoms with Crippen LogP contribution < -0.4 is 11.1 Å². The van der Waals surface area contributed by atoms with E-state index in [4.69, 9.17) is 12.2 Å². The van der Waals surface area contributed by atoms with E-state index in [2.05, 4.69) is 11.2 Å². The van der Waals surface area contributed by atoms with E-state index in [0.717, 1.165) is 0 Å². The lowest BCUT2D eigenvalue weighted by Gasteiger charge is -2.22. The van der Waals surface area contributed by atoms with E-state index < -0.39 is 11.6 Å². The third kappa shape index (κ3) is 4.88. The summed E-state index contributed by atoms with van der Waals surface area (Å²) in [4.78, 5) is 11.5. The van der Waals surface area contributed by atoms with Crippen molar-refractivity contribution in [3.05, 3.63) is 0 Å². The number of terminal acetylenes is 1. The fourth-order valence-electron chi connectivity index (χ4n) is 1.05. The van der Waals surface area contributed by atoms with Gasteiger partial charge in [-0.1, -0.05) is 19.8 Å². The highest BCUT2D eigenvalue weighted by Crippen LogP contribution is 2.05. The Kier molecular flexibility index (Phi) is 4.65. The topological polar surface area (TPSA) is 55.1 Å². The van der Waals surface area contributed by atoms with Crippen LogP contribution >= 0.6 is 0 Å². The molecule has 0 saturated heterocycles. The summed E-state index contributed by atoms with van der Waals surface area (Å²) in [6, 6.07) is -0.470. The third-order valence-electron chi connectivity index (χ3n) is 1.86. The van der Waals surface area contributed by atoms with Gasteiger partial charge in [0.2, 0.25) is 5.91 Å². The van der Waals surface area contributed by atoms with Crippen LogP contribution in [-0.4, -0.2) is 17.5 Å². The van der Waals surface area contributed by atoms with E-state index in [1.165, 1.54) is 0 Å². The molecule has 0 aromatic heterocycles. The lowest BCUT2D eigenvalue weighted by molar-refractivity contribution is -0.123. The van der Waals surface area contributed by atoms with Crippen LogP contribution in [0.4, 0.5) is 0 Å². The van der Waals surface area contributed by atoms with Gasteiger partial charge in [-0.3, -0.25) is 4.79 Å². The number of carbonyl (C=O) groups is 1. The van der Waals surface area contributed by atoms with Crippen molar-refractivity contribution in [3.63, 3.8) is 0 Å². The average molecular weight is 196 g/mol. The minimum absolute atomic E-state index is 0.179. The zero-order chi connectivity index (χ0) is 11.4. The smallest absolute Gasteiger partial charge is 0.238 e. The Morgan fingerprint density at radius 1 is 1.57 bits per heavy atom. The Labute approximate surface area is 86.4 Å². The van der Waals surface area contributed by atoms with Crippen molar-refractivity contribution in [2.24, 2.45) is 11.7 Å². The minimum atomic E-state index is -0.619. The van der Waals surface area contributed by atoms with Gasteiger partial charge in [0.05, 0.1) is 11.6 Å². The van der Waals surface area contributed by atoms with E-state index in [9.17, 15) is 4.79 Å². The van der Waals surface area contributed by atoms with Crippen LogP contribution in [0.25, 0.3) is 0 Å². The molecule has 3 nitrogen and oxygen atoms in total. The summed E-state index contributed by atoms with van der Waals surface area (Å²) in [5.41, 5.74) is 5.08. The second kappa shape index (κ2) is 5.02. The zero-order valence-corrected chi connectivity index (χ0v) is 9.42. The van der Waals surface area contributed by atoms with E-state index in [1.54, 1.807) is 13.8 Å². The summed E-state index contributed by atoms with van der Waals surface area (Å²) >= 11 is 0. The molecule has 0 fully saturated rings. The molecule has 0 bridgehead atoms. The maximum absolute atomic E-state index is 11.5. The molecule has 0 aliphatic carbocycles. The van der Waals surface area contributed by atoms with Crippen LogP contribution in [0, 0.1) is 18.3 Å². The normalized spacial score (nSPS) is 13.5. The van der Waals surface area contributed by atoms with Crippen LogP contribution in [0.3, 0.4) is 0 Å². The molecule has 3 heteroatoms. The van der Waals surface area contributed by atoms with E-state index in [-0.39, 0.29) is 5.91 Å². The minimum Gasteiger partial charge on any atom is -0.339 e. The third-order valence-corrected chi connectivity index (χ3v) is 1.86.